The van der Waals surface area contributed by atoms with Crippen molar-refractivity contribution >= 4 is 33.1 Å². The third kappa shape index (κ3) is 3.42. The summed E-state index contributed by atoms with van der Waals surface area (Å²) in [6, 6.07) is 26.3. The molecule has 3 rings (SSSR count). The summed E-state index contributed by atoms with van der Waals surface area (Å²) in [7, 11) is 0. The van der Waals surface area contributed by atoms with Gasteiger partial charge in [0.2, 0.25) is 0 Å². The Morgan fingerprint density at radius 3 is 1.29 bits per heavy atom. The van der Waals surface area contributed by atoms with Crippen LogP contribution < -0.4 is 15.9 Å². The van der Waals surface area contributed by atoms with Crippen LogP contribution in [0.4, 0.5) is 0 Å². The van der Waals surface area contributed by atoms with Crippen LogP contribution >= 0.6 is 17.2 Å². The summed E-state index contributed by atoms with van der Waals surface area (Å²) in [6.07, 6.45) is 4.53. The third-order valence-corrected chi connectivity index (χ3v) is 13.9. The van der Waals surface area contributed by atoms with E-state index >= 15 is 0 Å². The molecule has 0 aromatic heterocycles. The molecule has 148 valence electrons. The second kappa shape index (κ2) is 8.40. The molecule has 0 fully saturated rings. The monoisotopic (exact) mass is 410 g/mol. The molecule has 0 radical (unpaired) electrons. The molecule has 0 aliphatic heterocycles. The number of halogens is 1. The van der Waals surface area contributed by atoms with Gasteiger partial charge in [-0.3, -0.25) is 0 Å². The second-order valence-corrected chi connectivity index (χ2v) is 14.5. The summed E-state index contributed by atoms with van der Waals surface area (Å²) in [5.74, 6) is -3.14. The SMILES string of the molecule is CCCCCP(Cl)(c1ccccc1C)(c1ccccc1C)c1ccccc1C. The van der Waals surface area contributed by atoms with Crippen molar-refractivity contribution in [3.63, 3.8) is 0 Å². The number of aryl methyl sites for hydroxylation is 3. The Balaban J connectivity index is 2.48. The van der Waals surface area contributed by atoms with Gasteiger partial charge in [0.15, 0.2) is 0 Å². The second-order valence-electron chi connectivity index (χ2n) is 7.97. The number of benzene rings is 3. The van der Waals surface area contributed by atoms with Crippen molar-refractivity contribution in [1.29, 1.82) is 0 Å². The van der Waals surface area contributed by atoms with Crippen LogP contribution in [0.25, 0.3) is 0 Å². The Kier molecular flexibility index (Phi) is 6.33. The first-order chi connectivity index (χ1) is 13.4. The third-order valence-electron chi connectivity index (χ3n) is 6.03. The number of hydrogen-bond donors (Lipinski definition) is 0. The van der Waals surface area contributed by atoms with Crippen molar-refractivity contribution in [1.82, 2.24) is 0 Å². The molecule has 0 nitrogen and oxygen atoms in total. The van der Waals surface area contributed by atoms with Gasteiger partial charge in [0.25, 0.3) is 0 Å². The zero-order valence-electron chi connectivity index (χ0n) is 17.6. The summed E-state index contributed by atoms with van der Waals surface area (Å²) in [5, 5.41) is 3.99. The van der Waals surface area contributed by atoms with Gasteiger partial charge in [-0.1, -0.05) is 0 Å². The van der Waals surface area contributed by atoms with E-state index in [4.69, 9.17) is 11.2 Å². The van der Waals surface area contributed by atoms with Gasteiger partial charge in [-0.05, 0) is 0 Å². The molecule has 28 heavy (non-hydrogen) atoms. The molecular formula is C26H32ClP. The molecule has 0 aliphatic rings. The topological polar surface area (TPSA) is 0 Å². The fourth-order valence-corrected chi connectivity index (χ4v) is 12.7. The Labute approximate surface area is 175 Å². The summed E-state index contributed by atoms with van der Waals surface area (Å²) >= 11 is 8.26. The molecular weight excluding hydrogens is 379 g/mol. The number of rotatable bonds is 7. The molecule has 3 aromatic carbocycles. The molecule has 0 bridgehead atoms. The molecule has 3 aromatic rings. The van der Waals surface area contributed by atoms with Crippen molar-refractivity contribution in [3.05, 3.63) is 89.5 Å². The van der Waals surface area contributed by atoms with Crippen molar-refractivity contribution in [2.24, 2.45) is 0 Å². The van der Waals surface area contributed by atoms with Crippen molar-refractivity contribution in [3.8, 4) is 0 Å². The van der Waals surface area contributed by atoms with Crippen molar-refractivity contribution < 1.29 is 0 Å². The zero-order valence-corrected chi connectivity index (χ0v) is 19.2. The Morgan fingerprint density at radius 2 is 0.964 bits per heavy atom. The van der Waals surface area contributed by atoms with Gasteiger partial charge < -0.3 is 0 Å². The summed E-state index contributed by atoms with van der Waals surface area (Å²) in [5.41, 5.74) is 3.87. The molecule has 0 amide bonds. The maximum atomic E-state index is 8.26. The average molecular weight is 411 g/mol. The molecule has 0 saturated carbocycles. The molecule has 0 unspecified atom stereocenters. The maximum absolute atomic E-state index is 8.26. The summed E-state index contributed by atoms with van der Waals surface area (Å²) in [4.78, 5) is 0. The molecule has 0 N–H and O–H groups in total. The van der Waals surface area contributed by atoms with Crippen LogP contribution in [0.2, 0.25) is 0 Å². The van der Waals surface area contributed by atoms with Crippen LogP contribution in [0.15, 0.2) is 72.8 Å². The van der Waals surface area contributed by atoms with E-state index in [1.807, 2.05) is 0 Å². The molecule has 0 spiro atoms. The van der Waals surface area contributed by atoms with Gasteiger partial charge in [-0.25, -0.2) is 0 Å². The summed E-state index contributed by atoms with van der Waals surface area (Å²) in [6.45, 7) is 8.92. The molecule has 0 saturated heterocycles. The first-order valence-electron chi connectivity index (χ1n) is 10.3. The molecule has 0 aliphatic carbocycles. The number of hydrogen-bond acceptors (Lipinski definition) is 0. The van der Waals surface area contributed by atoms with Gasteiger partial charge in [0, 0.05) is 0 Å². The van der Waals surface area contributed by atoms with Gasteiger partial charge in [0.05, 0.1) is 0 Å². The van der Waals surface area contributed by atoms with E-state index in [-0.39, 0.29) is 0 Å². The van der Waals surface area contributed by atoms with Gasteiger partial charge >= 0.3 is 176 Å². The van der Waals surface area contributed by atoms with Crippen molar-refractivity contribution in [2.45, 2.75) is 47.0 Å². The Hall–Kier alpha value is -1.62. The van der Waals surface area contributed by atoms with E-state index in [1.165, 1.54) is 45.4 Å². The first-order valence-corrected chi connectivity index (χ1v) is 13.7. The van der Waals surface area contributed by atoms with E-state index < -0.39 is 5.96 Å². The minimum atomic E-state index is -3.14. The van der Waals surface area contributed by atoms with Crippen LogP contribution in [0.5, 0.6) is 0 Å². The predicted molar refractivity (Wildman–Crippen MR) is 130 cm³/mol. The fraction of sp³-hybridized carbons (Fsp3) is 0.308. The molecule has 0 heterocycles. The van der Waals surface area contributed by atoms with E-state index in [0.717, 1.165) is 12.6 Å². The van der Waals surface area contributed by atoms with E-state index in [2.05, 4.69) is 100 Å². The van der Waals surface area contributed by atoms with Crippen LogP contribution in [-0.4, -0.2) is 6.16 Å². The van der Waals surface area contributed by atoms with E-state index in [9.17, 15) is 0 Å². The van der Waals surface area contributed by atoms with Crippen molar-refractivity contribution in [2.75, 3.05) is 6.16 Å². The zero-order chi connectivity index (χ0) is 20.2. The standard InChI is InChI=1S/C26H32ClP/c1-5-6-13-20-28(27,24-17-10-7-14-21(24)2,25-18-11-8-15-22(25)3)26-19-12-9-16-23(26)4/h7-12,14-19H,5-6,13,20H2,1-4H3. The van der Waals surface area contributed by atoms with Gasteiger partial charge in [-0.2, -0.15) is 0 Å². The molecule has 2 heteroatoms. The van der Waals surface area contributed by atoms with Gasteiger partial charge in [-0.15, -0.1) is 0 Å². The van der Waals surface area contributed by atoms with Crippen LogP contribution in [-0.2, 0) is 0 Å². The van der Waals surface area contributed by atoms with Gasteiger partial charge in [0.1, 0.15) is 0 Å². The fourth-order valence-electron chi connectivity index (χ4n) is 4.67. The van der Waals surface area contributed by atoms with Crippen LogP contribution in [0.1, 0.15) is 42.9 Å². The van der Waals surface area contributed by atoms with Crippen LogP contribution in [0.3, 0.4) is 0 Å². The van der Waals surface area contributed by atoms with E-state index in [1.54, 1.807) is 0 Å². The minimum absolute atomic E-state index is 1.00. The normalized spacial score (nSPS) is 13.1. The predicted octanol–water partition coefficient (Wildman–Crippen LogP) is 6.79. The average Bonchev–Trinajstić information content (AvgIpc) is 2.69. The number of unbranched alkanes of at least 4 members (excludes halogenated alkanes) is 2. The quantitative estimate of drug-likeness (QED) is 0.297. The van der Waals surface area contributed by atoms with E-state index in [0.29, 0.717) is 0 Å². The summed E-state index contributed by atoms with van der Waals surface area (Å²) < 4.78 is 0. The first kappa shape index (κ1) is 21.1. The Morgan fingerprint density at radius 1 is 0.607 bits per heavy atom. The van der Waals surface area contributed by atoms with Crippen LogP contribution in [0, 0.1) is 20.8 Å². The Bertz CT molecular complexity index is 846. The molecule has 0 atom stereocenters.